The summed E-state index contributed by atoms with van der Waals surface area (Å²) in [5.41, 5.74) is 2.55. The normalized spacial score (nSPS) is 11.0. The van der Waals surface area contributed by atoms with E-state index in [2.05, 4.69) is 17.2 Å². The zero-order valence-electron chi connectivity index (χ0n) is 15.3. The molecule has 0 aliphatic rings. The molecule has 0 bridgehead atoms. The number of carbonyl (C=O) groups excluding carboxylic acids is 1. The predicted octanol–water partition coefficient (Wildman–Crippen LogP) is 2.34. The minimum atomic E-state index is -3.62. The first-order valence-electron chi connectivity index (χ1n) is 8.09. The van der Waals surface area contributed by atoms with Gasteiger partial charge in [0.25, 0.3) is 5.91 Å². The second-order valence-electron chi connectivity index (χ2n) is 6.05. The van der Waals surface area contributed by atoms with Gasteiger partial charge in [-0.25, -0.2) is 12.7 Å². The van der Waals surface area contributed by atoms with Crippen molar-refractivity contribution in [1.29, 1.82) is 0 Å². The molecule has 0 saturated heterocycles. The van der Waals surface area contributed by atoms with Crippen LogP contribution in [0, 0.1) is 25.7 Å². The molecule has 2 aromatic carbocycles. The van der Waals surface area contributed by atoms with Crippen LogP contribution in [0.3, 0.4) is 0 Å². The van der Waals surface area contributed by atoms with Crippen molar-refractivity contribution in [2.45, 2.75) is 18.7 Å². The quantitative estimate of drug-likeness (QED) is 0.840. The maximum atomic E-state index is 12.5. The molecular formula is C20H22N2O3S. The standard InChI is InChI=1S/C20H22N2O3S/c1-15-13-18(14-19(16(15)2)26(24,25)22(3)4)20(23)21-12-8-11-17-9-6-5-7-10-17/h5-7,9-10,13-14H,12H2,1-4H3,(H,21,23). The number of sulfonamides is 1. The van der Waals surface area contributed by atoms with Crippen LogP contribution in [0.15, 0.2) is 47.4 Å². The van der Waals surface area contributed by atoms with Gasteiger partial charge >= 0.3 is 0 Å². The number of nitrogens with zero attached hydrogens (tertiary/aromatic N) is 1. The molecule has 0 saturated carbocycles. The van der Waals surface area contributed by atoms with Crippen molar-refractivity contribution in [1.82, 2.24) is 9.62 Å². The van der Waals surface area contributed by atoms with Gasteiger partial charge in [-0.15, -0.1) is 0 Å². The third-order valence-electron chi connectivity index (χ3n) is 3.98. The largest absolute Gasteiger partial charge is 0.341 e. The van der Waals surface area contributed by atoms with Crippen molar-refractivity contribution in [3.8, 4) is 11.8 Å². The van der Waals surface area contributed by atoms with Gasteiger partial charge in [0, 0.05) is 25.2 Å². The SMILES string of the molecule is Cc1cc(C(=O)NCC#Cc2ccccc2)cc(S(=O)(=O)N(C)C)c1C. The molecule has 2 aromatic rings. The summed E-state index contributed by atoms with van der Waals surface area (Å²) in [5, 5.41) is 2.70. The topological polar surface area (TPSA) is 66.5 Å². The molecule has 0 atom stereocenters. The lowest BCUT2D eigenvalue weighted by Crippen LogP contribution is -2.26. The van der Waals surface area contributed by atoms with Gasteiger partial charge in [-0.2, -0.15) is 0 Å². The molecule has 26 heavy (non-hydrogen) atoms. The Labute approximate surface area is 155 Å². The summed E-state index contributed by atoms with van der Waals surface area (Å²) in [6, 6.07) is 12.6. The van der Waals surface area contributed by atoms with Crippen molar-refractivity contribution < 1.29 is 13.2 Å². The summed E-state index contributed by atoms with van der Waals surface area (Å²) in [7, 11) is -0.685. The molecule has 0 heterocycles. The van der Waals surface area contributed by atoms with E-state index >= 15 is 0 Å². The Morgan fingerprint density at radius 3 is 2.38 bits per heavy atom. The third-order valence-corrected chi connectivity index (χ3v) is 5.93. The third kappa shape index (κ3) is 4.51. The molecule has 0 aliphatic heterocycles. The van der Waals surface area contributed by atoms with Gasteiger partial charge in [0.05, 0.1) is 11.4 Å². The second kappa shape index (κ2) is 8.17. The zero-order chi connectivity index (χ0) is 19.3. The molecule has 2 rings (SSSR count). The maximum absolute atomic E-state index is 12.5. The van der Waals surface area contributed by atoms with Crippen LogP contribution in [-0.4, -0.2) is 39.3 Å². The molecule has 0 radical (unpaired) electrons. The molecule has 0 aromatic heterocycles. The minimum absolute atomic E-state index is 0.142. The Bertz CT molecular complexity index is 969. The fourth-order valence-corrected chi connectivity index (χ4v) is 3.53. The Morgan fingerprint density at radius 2 is 1.77 bits per heavy atom. The van der Waals surface area contributed by atoms with Gasteiger partial charge < -0.3 is 5.32 Å². The number of carbonyl (C=O) groups is 1. The summed E-state index contributed by atoms with van der Waals surface area (Å²) >= 11 is 0. The highest BCUT2D eigenvalue weighted by atomic mass is 32.2. The van der Waals surface area contributed by atoms with Crippen LogP contribution in [-0.2, 0) is 10.0 Å². The molecule has 5 nitrogen and oxygen atoms in total. The highest BCUT2D eigenvalue weighted by Crippen LogP contribution is 2.23. The zero-order valence-corrected chi connectivity index (χ0v) is 16.1. The molecule has 0 spiro atoms. The van der Waals surface area contributed by atoms with Gasteiger partial charge in [0.1, 0.15) is 0 Å². The monoisotopic (exact) mass is 370 g/mol. The van der Waals surface area contributed by atoms with E-state index in [-0.39, 0.29) is 17.3 Å². The predicted molar refractivity (Wildman–Crippen MR) is 102 cm³/mol. The van der Waals surface area contributed by atoms with E-state index in [0.29, 0.717) is 11.1 Å². The van der Waals surface area contributed by atoms with Crippen molar-refractivity contribution in [2.75, 3.05) is 20.6 Å². The number of aryl methyl sites for hydroxylation is 1. The first-order chi connectivity index (χ1) is 12.2. The number of amides is 1. The van der Waals surface area contributed by atoms with Crippen molar-refractivity contribution in [3.05, 3.63) is 64.7 Å². The summed E-state index contributed by atoms with van der Waals surface area (Å²) in [4.78, 5) is 12.5. The minimum Gasteiger partial charge on any atom is -0.341 e. The molecule has 6 heteroatoms. The van der Waals surface area contributed by atoms with Crippen LogP contribution in [0.4, 0.5) is 0 Å². The summed E-state index contributed by atoms with van der Waals surface area (Å²) < 4.78 is 26.1. The van der Waals surface area contributed by atoms with Crippen molar-refractivity contribution >= 4 is 15.9 Å². The summed E-state index contributed by atoms with van der Waals surface area (Å²) in [6.07, 6.45) is 0. The van der Waals surface area contributed by atoms with E-state index in [4.69, 9.17) is 0 Å². The van der Waals surface area contributed by atoms with E-state index in [1.807, 2.05) is 30.3 Å². The fourth-order valence-electron chi connectivity index (χ4n) is 2.32. The lowest BCUT2D eigenvalue weighted by atomic mass is 10.1. The number of benzene rings is 2. The van der Waals surface area contributed by atoms with Gasteiger partial charge in [-0.05, 0) is 49.2 Å². The van der Waals surface area contributed by atoms with Gasteiger partial charge in [-0.3, -0.25) is 4.79 Å². The molecule has 1 N–H and O–H groups in total. The highest BCUT2D eigenvalue weighted by Gasteiger charge is 2.22. The molecular weight excluding hydrogens is 348 g/mol. The first-order valence-corrected chi connectivity index (χ1v) is 9.53. The Hall–Kier alpha value is -2.62. The lowest BCUT2D eigenvalue weighted by Gasteiger charge is -2.16. The second-order valence-corrected chi connectivity index (χ2v) is 8.17. The smallest absolute Gasteiger partial charge is 0.252 e. The van der Waals surface area contributed by atoms with E-state index in [1.54, 1.807) is 19.9 Å². The van der Waals surface area contributed by atoms with Crippen LogP contribution in [0.2, 0.25) is 0 Å². The van der Waals surface area contributed by atoms with Crippen LogP contribution >= 0.6 is 0 Å². The Morgan fingerprint density at radius 1 is 1.12 bits per heavy atom. The van der Waals surface area contributed by atoms with Crippen LogP contribution < -0.4 is 5.32 Å². The molecule has 1 amide bonds. The van der Waals surface area contributed by atoms with E-state index < -0.39 is 10.0 Å². The van der Waals surface area contributed by atoms with E-state index in [0.717, 1.165) is 15.4 Å². The summed E-state index contributed by atoms with van der Waals surface area (Å²) in [6.45, 7) is 3.70. The molecule has 0 unspecified atom stereocenters. The molecule has 0 fully saturated rings. The van der Waals surface area contributed by atoms with Gasteiger partial charge in [-0.1, -0.05) is 30.0 Å². The number of hydrogen-bond acceptors (Lipinski definition) is 3. The van der Waals surface area contributed by atoms with E-state index in [9.17, 15) is 13.2 Å². The lowest BCUT2D eigenvalue weighted by molar-refractivity contribution is 0.0958. The van der Waals surface area contributed by atoms with Crippen molar-refractivity contribution in [2.24, 2.45) is 0 Å². The number of hydrogen-bond donors (Lipinski definition) is 1. The molecule has 0 aliphatic carbocycles. The van der Waals surface area contributed by atoms with Crippen LogP contribution in [0.5, 0.6) is 0 Å². The van der Waals surface area contributed by atoms with Crippen LogP contribution in [0.1, 0.15) is 27.0 Å². The fraction of sp³-hybridized carbons (Fsp3) is 0.250. The first kappa shape index (κ1) is 19.7. The Balaban J connectivity index is 2.20. The number of rotatable bonds is 4. The average molecular weight is 370 g/mol. The van der Waals surface area contributed by atoms with Gasteiger partial charge in [0.15, 0.2) is 0 Å². The maximum Gasteiger partial charge on any atom is 0.252 e. The van der Waals surface area contributed by atoms with Gasteiger partial charge in [0.2, 0.25) is 10.0 Å². The Kier molecular flexibility index (Phi) is 6.19. The summed E-state index contributed by atoms with van der Waals surface area (Å²) in [5.74, 6) is 5.48. The highest BCUT2D eigenvalue weighted by molar-refractivity contribution is 7.89. The molecule has 136 valence electrons. The van der Waals surface area contributed by atoms with Crippen LogP contribution in [0.25, 0.3) is 0 Å². The van der Waals surface area contributed by atoms with Crippen molar-refractivity contribution in [3.63, 3.8) is 0 Å². The number of nitrogens with one attached hydrogen (secondary N) is 1. The van der Waals surface area contributed by atoms with E-state index in [1.165, 1.54) is 20.2 Å². The average Bonchev–Trinajstić information content (AvgIpc) is 2.61.